The van der Waals surface area contributed by atoms with Gasteiger partial charge >= 0.3 is 0 Å². The van der Waals surface area contributed by atoms with Crippen molar-refractivity contribution >= 4 is 10.8 Å². The van der Waals surface area contributed by atoms with Crippen molar-refractivity contribution in [3.8, 4) is 44.9 Å². The summed E-state index contributed by atoms with van der Waals surface area (Å²) in [5.41, 5.74) is 15.9. The Morgan fingerprint density at radius 1 is 0.400 bits per heavy atom. The second kappa shape index (κ2) is 9.94. The maximum Gasteiger partial charge on any atom is 0.132 e. The number of hydrogen-bond acceptors (Lipinski definition) is 1. The highest BCUT2D eigenvalue weighted by molar-refractivity contribution is 5.98. The molecule has 1 atom stereocenters. The predicted molar refractivity (Wildman–Crippen MR) is 204 cm³/mol. The van der Waals surface area contributed by atoms with Gasteiger partial charge in [0.25, 0.3) is 0 Å². The average molecular weight is 637 g/mol. The van der Waals surface area contributed by atoms with E-state index in [4.69, 9.17) is 4.74 Å². The SMILES string of the molecule is CC1(c2ccccc2)c2ccccc2-c2cc(-c3ccc4c(c3)C3(c5ccccc5-c5ccccc53)c3c(ccc5ccccc35)O4)ccc21. The zero-order valence-corrected chi connectivity index (χ0v) is 27.7. The Balaban J connectivity index is 1.18. The summed E-state index contributed by atoms with van der Waals surface area (Å²) in [7, 11) is 0. The van der Waals surface area contributed by atoms with Gasteiger partial charge in [-0.1, -0.05) is 152 Å². The Bertz CT molecular complexity index is 2660. The lowest BCUT2D eigenvalue weighted by molar-refractivity contribution is 0.438. The molecule has 8 aromatic rings. The van der Waals surface area contributed by atoms with Crippen LogP contribution in [0.3, 0.4) is 0 Å². The molecule has 0 bridgehead atoms. The molecule has 1 aliphatic heterocycles. The Labute approximate surface area is 292 Å². The number of ether oxygens (including phenoxy) is 1. The summed E-state index contributed by atoms with van der Waals surface area (Å²) in [6.45, 7) is 2.38. The third-order valence-electron chi connectivity index (χ3n) is 11.8. The van der Waals surface area contributed by atoms with E-state index in [1.807, 2.05) is 0 Å². The average Bonchev–Trinajstić information content (AvgIpc) is 3.62. The number of hydrogen-bond donors (Lipinski definition) is 0. The largest absolute Gasteiger partial charge is 0.457 e. The standard InChI is InChI=1S/C49H32O/c1-48(34-14-3-2-4-15-34)40-20-10-7-19-38(40)39-29-32(23-26-41(39)48)33-25-27-45-44(30-33)49(47-35-16-6-5-13-31(35)24-28-46(47)50-45)42-21-11-8-17-36(42)37-18-9-12-22-43(37)49/h2-30H,1H3. The topological polar surface area (TPSA) is 9.23 Å². The molecule has 8 aromatic carbocycles. The van der Waals surface area contributed by atoms with Gasteiger partial charge in [-0.05, 0) is 103 Å². The van der Waals surface area contributed by atoms with E-state index >= 15 is 0 Å². The molecule has 1 heteroatoms. The zero-order valence-electron chi connectivity index (χ0n) is 27.7. The van der Waals surface area contributed by atoms with Crippen LogP contribution in [-0.4, -0.2) is 0 Å². The van der Waals surface area contributed by atoms with Gasteiger partial charge in [-0.15, -0.1) is 0 Å². The van der Waals surface area contributed by atoms with Gasteiger partial charge in [-0.2, -0.15) is 0 Å². The van der Waals surface area contributed by atoms with Crippen molar-refractivity contribution in [3.05, 3.63) is 215 Å². The van der Waals surface area contributed by atoms with Crippen molar-refractivity contribution in [3.63, 3.8) is 0 Å². The molecular formula is C49H32O. The van der Waals surface area contributed by atoms with Crippen molar-refractivity contribution in [1.29, 1.82) is 0 Å². The van der Waals surface area contributed by atoms with Crippen LogP contribution in [0.4, 0.5) is 0 Å². The minimum atomic E-state index is -0.539. The van der Waals surface area contributed by atoms with Gasteiger partial charge in [0.15, 0.2) is 0 Å². The predicted octanol–water partition coefficient (Wildman–Crippen LogP) is 12.3. The first-order chi connectivity index (χ1) is 24.7. The Morgan fingerprint density at radius 3 is 1.72 bits per heavy atom. The molecular weight excluding hydrogens is 605 g/mol. The molecule has 1 heterocycles. The van der Waals surface area contributed by atoms with E-state index in [9.17, 15) is 0 Å². The molecule has 0 fully saturated rings. The minimum absolute atomic E-state index is 0.221. The normalized spacial score (nSPS) is 16.9. The van der Waals surface area contributed by atoms with E-state index in [2.05, 4.69) is 183 Å². The summed E-state index contributed by atoms with van der Waals surface area (Å²) in [4.78, 5) is 0. The van der Waals surface area contributed by atoms with Gasteiger partial charge in [-0.3, -0.25) is 0 Å². The fourth-order valence-electron chi connectivity index (χ4n) is 9.63. The van der Waals surface area contributed by atoms with Crippen LogP contribution < -0.4 is 4.74 Å². The summed E-state index contributed by atoms with van der Waals surface area (Å²) < 4.78 is 6.89. The van der Waals surface area contributed by atoms with Crippen molar-refractivity contribution in [2.45, 2.75) is 17.8 Å². The van der Waals surface area contributed by atoms with Crippen LogP contribution in [-0.2, 0) is 10.8 Å². The highest BCUT2D eigenvalue weighted by Crippen LogP contribution is 2.64. The third-order valence-corrected chi connectivity index (χ3v) is 11.8. The fourth-order valence-corrected chi connectivity index (χ4v) is 9.63. The van der Waals surface area contributed by atoms with Crippen LogP contribution in [0.1, 0.15) is 45.9 Å². The smallest absolute Gasteiger partial charge is 0.132 e. The van der Waals surface area contributed by atoms with Crippen LogP contribution in [0, 0.1) is 0 Å². The van der Waals surface area contributed by atoms with Gasteiger partial charge in [0, 0.05) is 16.5 Å². The first kappa shape index (κ1) is 27.7. The van der Waals surface area contributed by atoms with Crippen molar-refractivity contribution < 1.29 is 4.74 Å². The summed E-state index contributed by atoms with van der Waals surface area (Å²) in [5.74, 6) is 1.83. The first-order valence-corrected chi connectivity index (χ1v) is 17.5. The molecule has 50 heavy (non-hydrogen) atoms. The Morgan fingerprint density at radius 2 is 0.960 bits per heavy atom. The Hall–Kier alpha value is -6.18. The number of fused-ring (bicyclic) bond motifs is 14. The van der Waals surface area contributed by atoms with Gasteiger partial charge in [-0.25, -0.2) is 0 Å². The third kappa shape index (κ3) is 3.42. The second-order valence-corrected chi connectivity index (χ2v) is 14.1. The zero-order chi connectivity index (χ0) is 33.0. The summed E-state index contributed by atoms with van der Waals surface area (Å²) in [6.07, 6.45) is 0. The van der Waals surface area contributed by atoms with Crippen molar-refractivity contribution in [1.82, 2.24) is 0 Å². The second-order valence-electron chi connectivity index (χ2n) is 14.1. The first-order valence-electron chi connectivity index (χ1n) is 17.5. The lowest BCUT2D eigenvalue weighted by Crippen LogP contribution is -2.32. The monoisotopic (exact) mass is 636 g/mol. The van der Waals surface area contributed by atoms with E-state index < -0.39 is 5.41 Å². The lowest BCUT2D eigenvalue weighted by atomic mass is 9.64. The lowest BCUT2D eigenvalue weighted by Gasteiger charge is -2.40. The number of benzene rings is 8. The molecule has 0 aromatic heterocycles. The highest BCUT2D eigenvalue weighted by Gasteiger charge is 2.52. The molecule has 234 valence electrons. The highest BCUT2D eigenvalue weighted by atomic mass is 16.5. The van der Waals surface area contributed by atoms with Crippen LogP contribution in [0.15, 0.2) is 176 Å². The molecule has 0 N–H and O–H groups in total. The van der Waals surface area contributed by atoms with Crippen molar-refractivity contribution in [2.75, 3.05) is 0 Å². The Kier molecular flexibility index (Phi) is 5.51. The molecule has 0 saturated heterocycles. The van der Waals surface area contributed by atoms with E-state index in [0.717, 1.165) is 11.5 Å². The van der Waals surface area contributed by atoms with E-state index in [-0.39, 0.29) is 5.41 Å². The van der Waals surface area contributed by atoms with Crippen LogP contribution >= 0.6 is 0 Å². The molecule has 0 radical (unpaired) electrons. The fraction of sp³-hybridized carbons (Fsp3) is 0.0612. The summed E-state index contributed by atoms with van der Waals surface area (Å²) in [5, 5.41) is 2.44. The molecule has 2 aliphatic carbocycles. The molecule has 11 rings (SSSR count). The van der Waals surface area contributed by atoms with E-state index in [1.54, 1.807) is 0 Å². The van der Waals surface area contributed by atoms with Gasteiger partial charge in [0.2, 0.25) is 0 Å². The maximum atomic E-state index is 6.89. The van der Waals surface area contributed by atoms with Gasteiger partial charge in [0.05, 0.1) is 5.41 Å². The molecule has 3 aliphatic rings. The van der Waals surface area contributed by atoms with Crippen LogP contribution in [0.2, 0.25) is 0 Å². The molecule has 0 amide bonds. The van der Waals surface area contributed by atoms with Crippen LogP contribution in [0.25, 0.3) is 44.2 Å². The molecule has 1 spiro atoms. The van der Waals surface area contributed by atoms with E-state index in [1.165, 1.54) is 83.1 Å². The van der Waals surface area contributed by atoms with E-state index in [0.29, 0.717) is 0 Å². The van der Waals surface area contributed by atoms with Gasteiger partial charge < -0.3 is 4.74 Å². The molecule has 1 unspecified atom stereocenters. The van der Waals surface area contributed by atoms with Crippen molar-refractivity contribution in [2.24, 2.45) is 0 Å². The van der Waals surface area contributed by atoms with Crippen LogP contribution in [0.5, 0.6) is 11.5 Å². The summed E-state index contributed by atoms with van der Waals surface area (Å²) >= 11 is 0. The van der Waals surface area contributed by atoms with Gasteiger partial charge in [0.1, 0.15) is 11.5 Å². The summed E-state index contributed by atoms with van der Waals surface area (Å²) in [6, 6.07) is 64.9. The maximum absolute atomic E-state index is 6.89. The minimum Gasteiger partial charge on any atom is -0.457 e. The number of rotatable bonds is 2. The molecule has 0 saturated carbocycles. The quantitative estimate of drug-likeness (QED) is 0.183. The molecule has 1 nitrogen and oxygen atoms in total.